The number of thiazole rings is 1. The fourth-order valence-electron chi connectivity index (χ4n) is 1.72. The molecule has 1 unspecified atom stereocenters. The molecule has 0 aliphatic heterocycles. The molecule has 0 saturated carbocycles. The number of hydrogen-bond acceptors (Lipinski definition) is 6. The molecule has 1 heterocycles. The molecule has 0 fully saturated rings. The van der Waals surface area contributed by atoms with Crippen LogP contribution in [0, 0.1) is 0 Å². The fraction of sp³-hybridized carbons (Fsp3) is 0.667. The summed E-state index contributed by atoms with van der Waals surface area (Å²) in [7, 11) is 3.57. The normalized spacial score (nSPS) is 12.3. The summed E-state index contributed by atoms with van der Waals surface area (Å²) in [6.45, 7) is 4.86. The van der Waals surface area contributed by atoms with E-state index in [4.69, 9.17) is 5.73 Å². The molecule has 0 radical (unpaired) electrons. The van der Waals surface area contributed by atoms with Crippen molar-refractivity contribution in [2.75, 3.05) is 37.8 Å². The van der Waals surface area contributed by atoms with E-state index in [0.717, 1.165) is 18.1 Å². The SMILES string of the molecule is CCCN(C)c1nc(N)c(C(=O)N(C)CC(C)O)s1. The number of anilines is 2. The molecule has 19 heavy (non-hydrogen) atoms. The van der Waals surface area contributed by atoms with Crippen LogP contribution in [0.4, 0.5) is 10.9 Å². The van der Waals surface area contributed by atoms with E-state index in [1.807, 2.05) is 11.9 Å². The second-order valence-corrected chi connectivity index (χ2v) is 5.64. The van der Waals surface area contributed by atoms with Crippen LogP contribution < -0.4 is 10.6 Å². The van der Waals surface area contributed by atoms with Gasteiger partial charge in [-0.05, 0) is 13.3 Å². The second-order valence-electron chi connectivity index (χ2n) is 4.67. The third-order valence-corrected chi connectivity index (χ3v) is 3.78. The van der Waals surface area contributed by atoms with Gasteiger partial charge < -0.3 is 20.6 Å². The Kier molecular flexibility index (Phi) is 5.56. The number of aromatic nitrogens is 1. The quantitative estimate of drug-likeness (QED) is 0.816. The number of hydrogen-bond donors (Lipinski definition) is 2. The maximum Gasteiger partial charge on any atom is 0.267 e. The molecular weight excluding hydrogens is 264 g/mol. The molecule has 1 atom stereocenters. The van der Waals surface area contributed by atoms with E-state index in [9.17, 15) is 9.90 Å². The molecule has 3 N–H and O–H groups in total. The Morgan fingerprint density at radius 1 is 1.53 bits per heavy atom. The summed E-state index contributed by atoms with van der Waals surface area (Å²) in [5, 5.41) is 10.0. The smallest absolute Gasteiger partial charge is 0.267 e. The summed E-state index contributed by atoms with van der Waals surface area (Å²) in [5.41, 5.74) is 5.81. The van der Waals surface area contributed by atoms with Crippen LogP contribution in [0.2, 0.25) is 0 Å². The number of carbonyl (C=O) groups excluding carboxylic acids is 1. The lowest BCUT2D eigenvalue weighted by molar-refractivity contribution is 0.0709. The Morgan fingerprint density at radius 3 is 2.68 bits per heavy atom. The number of nitrogens with two attached hydrogens (primary N) is 1. The first-order chi connectivity index (χ1) is 8.86. The lowest BCUT2D eigenvalue weighted by atomic mass is 10.3. The van der Waals surface area contributed by atoms with Gasteiger partial charge in [0.2, 0.25) is 0 Å². The Labute approximate surface area is 117 Å². The Bertz CT molecular complexity index is 433. The van der Waals surface area contributed by atoms with Crippen molar-refractivity contribution in [2.45, 2.75) is 26.4 Å². The van der Waals surface area contributed by atoms with Crippen molar-refractivity contribution in [3.8, 4) is 0 Å². The molecule has 7 heteroatoms. The van der Waals surface area contributed by atoms with Gasteiger partial charge in [0.15, 0.2) is 5.13 Å². The van der Waals surface area contributed by atoms with E-state index < -0.39 is 6.10 Å². The van der Waals surface area contributed by atoms with E-state index in [2.05, 4.69) is 11.9 Å². The van der Waals surface area contributed by atoms with Gasteiger partial charge in [-0.3, -0.25) is 4.79 Å². The largest absolute Gasteiger partial charge is 0.392 e. The molecule has 0 saturated heterocycles. The first kappa shape index (κ1) is 15.7. The maximum atomic E-state index is 12.2. The summed E-state index contributed by atoms with van der Waals surface area (Å²) in [4.78, 5) is 20.3. The van der Waals surface area contributed by atoms with E-state index in [1.165, 1.54) is 16.2 Å². The summed E-state index contributed by atoms with van der Waals surface area (Å²) in [6, 6.07) is 0. The van der Waals surface area contributed by atoms with Gasteiger partial charge in [0.05, 0.1) is 6.10 Å². The van der Waals surface area contributed by atoms with E-state index in [1.54, 1.807) is 14.0 Å². The van der Waals surface area contributed by atoms with Crippen LogP contribution in [0.1, 0.15) is 29.9 Å². The van der Waals surface area contributed by atoms with Crippen LogP contribution in [0.15, 0.2) is 0 Å². The topological polar surface area (TPSA) is 82.7 Å². The van der Waals surface area contributed by atoms with Crippen molar-refractivity contribution in [1.29, 1.82) is 0 Å². The molecule has 0 aliphatic carbocycles. The zero-order valence-corrected chi connectivity index (χ0v) is 12.7. The lowest BCUT2D eigenvalue weighted by Gasteiger charge is -2.17. The second kappa shape index (κ2) is 6.72. The predicted molar refractivity (Wildman–Crippen MR) is 78.7 cm³/mol. The van der Waals surface area contributed by atoms with Crippen LogP contribution in [-0.2, 0) is 0 Å². The highest BCUT2D eigenvalue weighted by molar-refractivity contribution is 7.18. The summed E-state index contributed by atoms with van der Waals surface area (Å²) in [5.74, 6) is 0.0532. The van der Waals surface area contributed by atoms with E-state index in [-0.39, 0.29) is 18.3 Å². The Hall–Kier alpha value is -1.34. The molecule has 1 aromatic rings. The minimum absolute atomic E-state index is 0.202. The van der Waals surface area contributed by atoms with Crippen LogP contribution in [-0.4, -0.2) is 54.2 Å². The van der Waals surface area contributed by atoms with Gasteiger partial charge in [-0.1, -0.05) is 18.3 Å². The van der Waals surface area contributed by atoms with Crippen molar-refractivity contribution >= 4 is 28.2 Å². The first-order valence-electron chi connectivity index (χ1n) is 6.27. The molecule has 1 rings (SSSR count). The zero-order valence-electron chi connectivity index (χ0n) is 11.9. The van der Waals surface area contributed by atoms with Crippen LogP contribution >= 0.6 is 11.3 Å². The summed E-state index contributed by atoms with van der Waals surface area (Å²) < 4.78 is 0. The molecule has 1 aromatic heterocycles. The molecule has 0 aromatic carbocycles. The van der Waals surface area contributed by atoms with Crippen molar-refractivity contribution in [3.63, 3.8) is 0 Å². The molecule has 0 bridgehead atoms. The van der Waals surface area contributed by atoms with Gasteiger partial charge in [0, 0.05) is 27.2 Å². The summed E-state index contributed by atoms with van der Waals surface area (Å²) in [6.07, 6.45) is 0.437. The number of nitrogen functional groups attached to an aromatic ring is 1. The third-order valence-electron chi connectivity index (χ3n) is 2.61. The highest BCUT2D eigenvalue weighted by Gasteiger charge is 2.21. The maximum absolute atomic E-state index is 12.2. The van der Waals surface area contributed by atoms with Gasteiger partial charge in [-0.15, -0.1) is 0 Å². The van der Waals surface area contributed by atoms with Gasteiger partial charge in [-0.2, -0.15) is 0 Å². The molecule has 0 spiro atoms. The lowest BCUT2D eigenvalue weighted by Crippen LogP contribution is -2.32. The van der Waals surface area contributed by atoms with E-state index >= 15 is 0 Å². The number of nitrogens with zero attached hydrogens (tertiary/aromatic N) is 3. The zero-order chi connectivity index (χ0) is 14.6. The molecular formula is C12H22N4O2S. The van der Waals surface area contributed by atoms with Gasteiger partial charge in [0.25, 0.3) is 5.91 Å². The Morgan fingerprint density at radius 2 is 2.16 bits per heavy atom. The predicted octanol–water partition coefficient (Wildman–Crippen LogP) is 1.02. The van der Waals surface area contributed by atoms with Gasteiger partial charge >= 0.3 is 0 Å². The van der Waals surface area contributed by atoms with Crippen molar-refractivity contribution < 1.29 is 9.90 Å². The van der Waals surface area contributed by atoms with Crippen molar-refractivity contribution in [3.05, 3.63) is 4.88 Å². The number of amides is 1. The molecule has 6 nitrogen and oxygen atoms in total. The highest BCUT2D eigenvalue weighted by Crippen LogP contribution is 2.28. The third kappa shape index (κ3) is 4.07. The molecule has 0 aliphatic rings. The summed E-state index contributed by atoms with van der Waals surface area (Å²) >= 11 is 1.29. The molecule has 108 valence electrons. The van der Waals surface area contributed by atoms with Crippen LogP contribution in [0.5, 0.6) is 0 Å². The molecule has 1 amide bonds. The average Bonchev–Trinajstić information content (AvgIpc) is 2.70. The first-order valence-corrected chi connectivity index (χ1v) is 7.09. The monoisotopic (exact) mass is 286 g/mol. The average molecular weight is 286 g/mol. The minimum atomic E-state index is -0.565. The van der Waals surface area contributed by atoms with Gasteiger partial charge in [-0.25, -0.2) is 4.98 Å². The highest BCUT2D eigenvalue weighted by atomic mass is 32.1. The number of carbonyl (C=O) groups is 1. The standard InChI is InChI=1S/C12H22N4O2S/c1-5-6-15(3)12-14-10(13)9(19-12)11(18)16(4)7-8(2)17/h8,17H,5-7,13H2,1-4H3. The fourth-order valence-corrected chi connectivity index (χ4v) is 2.69. The van der Waals surface area contributed by atoms with Crippen molar-refractivity contribution in [2.24, 2.45) is 0 Å². The number of rotatable bonds is 6. The Balaban J connectivity index is 2.86. The van der Waals surface area contributed by atoms with Crippen LogP contribution in [0.3, 0.4) is 0 Å². The number of aliphatic hydroxyl groups is 1. The van der Waals surface area contributed by atoms with Crippen molar-refractivity contribution in [1.82, 2.24) is 9.88 Å². The van der Waals surface area contributed by atoms with Gasteiger partial charge in [0.1, 0.15) is 10.7 Å². The number of aliphatic hydroxyl groups excluding tert-OH is 1. The minimum Gasteiger partial charge on any atom is -0.392 e. The van der Waals surface area contributed by atoms with E-state index in [0.29, 0.717) is 4.88 Å². The number of likely N-dealkylation sites (N-methyl/N-ethyl adjacent to an activating group) is 1. The van der Waals surface area contributed by atoms with Crippen LogP contribution in [0.25, 0.3) is 0 Å².